The number of hydrogen-bond acceptors (Lipinski definition) is 2. The molecule has 0 heterocycles. The predicted molar refractivity (Wildman–Crippen MR) is 83.5 cm³/mol. The van der Waals surface area contributed by atoms with Crippen molar-refractivity contribution in [3.8, 4) is 0 Å². The lowest BCUT2D eigenvalue weighted by atomic mass is 9.76. The van der Waals surface area contributed by atoms with E-state index in [0.717, 1.165) is 18.0 Å². The van der Waals surface area contributed by atoms with Gasteiger partial charge in [-0.3, -0.25) is 0 Å². The molecule has 2 rings (SSSR count). The fourth-order valence-corrected chi connectivity index (χ4v) is 3.51. The van der Waals surface area contributed by atoms with Gasteiger partial charge >= 0.3 is 0 Å². The van der Waals surface area contributed by atoms with Crippen LogP contribution in [0.5, 0.6) is 0 Å². The highest BCUT2D eigenvalue weighted by atomic mass is 15.2. The summed E-state index contributed by atoms with van der Waals surface area (Å²) in [6.07, 6.45) is 9.89. The van der Waals surface area contributed by atoms with Crippen molar-refractivity contribution in [3.63, 3.8) is 0 Å². The van der Waals surface area contributed by atoms with Gasteiger partial charge in [0.05, 0.1) is 0 Å². The summed E-state index contributed by atoms with van der Waals surface area (Å²) in [5.74, 6) is 0.924. The minimum Gasteiger partial charge on any atom is -0.313 e. The van der Waals surface area contributed by atoms with Crippen LogP contribution in [0.1, 0.15) is 65.7 Å². The molecule has 2 atom stereocenters. The van der Waals surface area contributed by atoms with Gasteiger partial charge in [-0.15, -0.1) is 0 Å². The van der Waals surface area contributed by atoms with Crippen molar-refractivity contribution < 1.29 is 0 Å². The second-order valence-electron chi connectivity index (χ2n) is 7.93. The van der Waals surface area contributed by atoms with E-state index in [1.807, 2.05) is 0 Å². The van der Waals surface area contributed by atoms with Crippen molar-refractivity contribution in [1.82, 2.24) is 10.2 Å². The maximum Gasteiger partial charge on any atom is 0.0107 e. The highest BCUT2D eigenvalue weighted by molar-refractivity contribution is 4.84. The van der Waals surface area contributed by atoms with E-state index in [1.165, 1.54) is 58.0 Å². The third kappa shape index (κ3) is 5.07. The standard InChI is InChI=1S/C17H34N2/c1-17(2,3)14-6-5-7-15(9-8-14)18-12-13-19(4)16-10-11-16/h14-16,18H,5-13H2,1-4H3. The van der Waals surface area contributed by atoms with Gasteiger partial charge in [0.1, 0.15) is 0 Å². The van der Waals surface area contributed by atoms with Gasteiger partial charge in [0.2, 0.25) is 0 Å². The molecule has 0 bridgehead atoms. The van der Waals surface area contributed by atoms with Crippen LogP contribution >= 0.6 is 0 Å². The molecule has 2 heteroatoms. The summed E-state index contributed by atoms with van der Waals surface area (Å²) in [6.45, 7) is 9.64. The van der Waals surface area contributed by atoms with E-state index in [0.29, 0.717) is 5.41 Å². The zero-order valence-corrected chi connectivity index (χ0v) is 13.5. The highest BCUT2D eigenvalue weighted by Gasteiger charge is 2.28. The van der Waals surface area contributed by atoms with Crippen LogP contribution in [-0.4, -0.2) is 37.1 Å². The van der Waals surface area contributed by atoms with E-state index < -0.39 is 0 Å². The number of hydrogen-bond donors (Lipinski definition) is 1. The Balaban J connectivity index is 1.64. The molecule has 2 nitrogen and oxygen atoms in total. The number of rotatable bonds is 5. The molecule has 0 aliphatic heterocycles. The molecule has 2 aliphatic carbocycles. The molecule has 2 fully saturated rings. The molecule has 0 aromatic heterocycles. The lowest BCUT2D eigenvalue weighted by Crippen LogP contribution is -2.36. The predicted octanol–water partition coefficient (Wildman–Crippen LogP) is 3.67. The Morgan fingerprint density at radius 1 is 1.00 bits per heavy atom. The molecule has 2 saturated carbocycles. The summed E-state index contributed by atoms with van der Waals surface area (Å²) in [5.41, 5.74) is 0.501. The van der Waals surface area contributed by atoms with E-state index >= 15 is 0 Å². The second kappa shape index (κ2) is 6.58. The summed E-state index contributed by atoms with van der Waals surface area (Å²) in [6, 6.07) is 1.68. The fraction of sp³-hybridized carbons (Fsp3) is 1.00. The zero-order valence-electron chi connectivity index (χ0n) is 13.5. The fourth-order valence-electron chi connectivity index (χ4n) is 3.51. The Morgan fingerprint density at radius 3 is 2.37 bits per heavy atom. The van der Waals surface area contributed by atoms with Crippen LogP contribution in [0.2, 0.25) is 0 Å². The zero-order chi connectivity index (χ0) is 13.9. The minimum atomic E-state index is 0.501. The van der Waals surface area contributed by atoms with Crippen molar-refractivity contribution in [2.24, 2.45) is 11.3 Å². The van der Waals surface area contributed by atoms with Gasteiger partial charge in [-0.1, -0.05) is 27.2 Å². The van der Waals surface area contributed by atoms with Crippen LogP contribution in [0.15, 0.2) is 0 Å². The smallest absolute Gasteiger partial charge is 0.0107 e. The molecule has 0 aromatic carbocycles. The summed E-state index contributed by atoms with van der Waals surface area (Å²) in [4.78, 5) is 2.53. The first-order chi connectivity index (χ1) is 8.97. The Kier molecular flexibility index (Phi) is 5.30. The Bertz CT molecular complexity index is 265. The third-order valence-corrected chi connectivity index (χ3v) is 5.26. The molecule has 19 heavy (non-hydrogen) atoms. The Hall–Kier alpha value is -0.0800. The number of likely N-dealkylation sites (N-methyl/N-ethyl adjacent to an activating group) is 1. The third-order valence-electron chi connectivity index (χ3n) is 5.26. The van der Waals surface area contributed by atoms with Crippen LogP contribution in [-0.2, 0) is 0 Å². The Labute approximate surface area is 120 Å². The molecule has 0 radical (unpaired) electrons. The van der Waals surface area contributed by atoms with E-state index in [1.54, 1.807) is 0 Å². The quantitative estimate of drug-likeness (QED) is 0.764. The molecule has 2 aliphatic rings. The molecule has 0 aromatic rings. The average molecular weight is 266 g/mol. The SMILES string of the molecule is CN(CCNC1CCCC(C(C)(C)C)CC1)C1CC1. The summed E-state index contributed by atoms with van der Waals surface area (Å²) < 4.78 is 0. The van der Waals surface area contributed by atoms with Gasteiger partial charge in [0, 0.05) is 25.2 Å². The van der Waals surface area contributed by atoms with Gasteiger partial charge in [-0.05, 0) is 56.9 Å². The lowest BCUT2D eigenvalue weighted by Gasteiger charge is -2.29. The monoisotopic (exact) mass is 266 g/mol. The molecule has 112 valence electrons. The molecular formula is C17H34N2. The van der Waals surface area contributed by atoms with E-state index in [4.69, 9.17) is 0 Å². The second-order valence-corrected chi connectivity index (χ2v) is 7.93. The van der Waals surface area contributed by atoms with Crippen molar-refractivity contribution in [2.75, 3.05) is 20.1 Å². The number of nitrogens with zero attached hydrogens (tertiary/aromatic N) is 1. The van der Waals surface area contributed by atoms with Crippen LogP contribution in [0.25, 0.3) is 0 Å². The van der Waals surface area contributed by atoms with Crippen molar-refractivity contribution in [1.29, 1.82) is 0 Å². The average Bonchev–Trinajstić information content (AvgIpc) is 3.15. The first-order valence-electron chi connectivity index (χ1n) is 8.40. The first-order valence-corrected chi connectivity index (χ1v) is 8.40. The normalized spacial score (nSPS) is 29.5. The van der Waals surface area contributed by atoms with E-state index in [-0.39, 0.29) is 0 Å². The van der Waals surface area contributed by atoms with Crippen molar-refractivity contribution >= 4 is 0 Å². The molecular weight excluding hydrogens is 232 g/mol. The molecule has 0 saturated heterocycles. The maximum absolute atomic E-state index is 3.81. The van der Waals surface area contributed by atoms with E-state index in [9.17, 15) is 0 Å². The molecule has 2 unspecified atom stereocenters. The Morgan fingerprint density at radius 2 is 1.74 bits per heavy atom. The van der Waals surface area contributed by atoms with Crippen molar-refractivity contribution in [2.45, 2.75) is 77.8 Å². The van der Waals surface area contributed by atoms with Gasteiger partial charge in [-0.25, -0.2) is 0 Å². The van der Waals surface area contributed by atoms with Crippen LogP contribution < -0.4 is 5.32 Å². The highest BCUT2D eigenvalue weighted by Crippen LogP contribution is 2.36. The van der Waals surface area contributed by atoms with Gasteiger partial charge in [0.25, 0.3) is 0 Å². The summed E-state index contributed by atoms with van der Waals surface area (Å²) >= 11 is 0. The topological polar surface area (TPSA) is 15.3 Å². The van der Waals surface area contributed by atoms with Crippen LogP contribution in [0.4, 0.5) is 0 Å². The molecule has 0 spiro atoms. The van der Waals surface area contributed by atoms with E-state index in [2.05, 4.69) is 38.0 Å². The first kappa shape index (κ1) is 15.3. The number of nitrogens with one attached hydrogen (secondary N) is 1. The van der Waals surface area contributed by atoms with Crippen LogP contribution in [0.3, 0.4) is 0 Å². The minimum absolute atomic E-state index is 0.501. The maximum atomic E-state index is 3.81. The summed E-state index contributed by atoms with van der Waals surface area (Å²) in [7, 11) is 2.28. The molecule has 0 amide bonds. The van der Waals surface area contributed by atoms with Gasteiger partial charge in [-0.2, -0.15) is 0 Å². The molecule has 1 N–H and O–H groups in total. The van der Waals surface area contributed by atoms with Gasteiger partial charge in [0.15, 0.2) is 0 Å². The summed E-state index contributed by atoms with van der Waals surface area (Å²) in [5, 5.41) is 3.81. The van der Waals surface area contributed by atoms with Crippen LogP contribution in [0, 0.1) is 11.3 Å². The lowest BCUT2D eigenvalue weighted by molar-refractivity contribution is 0.213. The van der Waals surface area contributed by atoms with Gasteiger partial charge < -0.3 is 10.2 Å². The largest absolute Gasteiger partial charge is 0.313 e. The van der Waals surface area contributed by atoms with Crippen molar-refractivity contribution in [3.05, 3.63) is 0 Å².